The zero-order chi connectivity index (χ0) is 18.3. The molecule has 1 heteroatoms. The lowest BCUT2D eigenvalue weighted by Gasteiger charge is -2.12. The van der Waals surface area contributed by atoms with E-state index in [1.165, 1.54) is 26.9 Å². The van der Waals surface area contributed by atoms with E-state index in [9.17, 15) is 4.39 Å². The Morgan fingerprint density at radius 2 is 1.58 bits per heavy atom. The van der Waals surface area contributed by atoms with Gasteiger partial charge in [0, 0.05) is 5.92 Å². The molecule has 0 saturated heterocycles. The minimum absolute atomic E-state index is 0.0401. The van der Waals surface area contributed by atoms with Crippen molar-refractivity contribution in [3.63, 3.8) is 0 Å². The standard InChI is InChI=1S/C25H23F/c1-4-16(2)25(26)15-23-17(3)9-11-22-21(23)12-10-20-13-18-7-5-6-8-19(18)14-24(20)22/h5-16H,4H2,1-3H3/b25-15+. The Kier molecular flexibility index (Phi) is 4.24. The second-order valence-corrected chi connectivity index (χ2v) is 7.22. The van der Waals surface area contributed by atoms with E-state index in [1.807, 2.05) is 13.8 Å². The summed E-state index contributed by atoms with van der Waals surface area (Å²) in [6, 6.07) is 21.5. The normalized spacial score (nSPS) is 13.6. The van der Waals surface area contributed by atoms with E-state index in [4.69, 9.17) is 0 Å². The van der Waals surface area contributed by atoms with Crippen molar-refractivity contribution in [2.75, 3.05) is 0 Å². The van der Waals surface area contributed by atoms with Gasteiger partial charge in [0.15, 0.2) is 0 Å². The maximum atomic E-state index is 14.6. The smallest absolute Gasteiger partial charge is 0.103 e. The summed E-state index contributed by atoms with van der Waals surface area (Å²) < 4.78 is 14.6. The predicted octanol–water partition coefficient (Wildman–Crippen LogP) is 7.81. The van der Waals surface area contributed by atoms with Gasteiger partial charge in [0.25, 0.3) is 0 Å². The van der Waals surface area contributed by atoms with Gasteiger partial charge in [0.05, 0.1) is 0 Å². The van der Waals surface area contributed by atoms with Crippen LogP contribution in [0.4, 0.5) is 4.39 Å². The molecule has 0 saturated carbocycles. The Labute approximate surface area is 154 Å². The quantitative estimate of drug-likeness (QED) is 0.263. The fraction of sp³-hybridized carbons (Fsp3) is 0.200. The molecule has 26 heavy (non-hydrogen) atoms. The molecular weight excluding hydrogens is 319 g/mol. The highest BCUT2D eigenvalue weighted by molar-refractivity contribution is 6.13. The molecule has 0 aromatic heterocycles. The molecule has 0 heterocycles. The number of benzene rings is 4. The molecule has 0 aliphatic rings. The third-order valence-corrected chi connectivity index (χ3v) is 5.51. The van der Waals surface area contributed by atoms with Crippen LogP contribution in [0.3, 0.4) is 0 Å². The molecule has 0 aliphatic heterocycles. The van der Waals surface area contributed by atoms with Gasteiger partial charge in [-0.05, 0) is 75.0 Å². The molecule has 1 unspecified atom stereocenters. The summed E-state index contributed by atoms with van der Waals surface area (Å²) in [5, 5.41) is 7.22. The molecule has 0 N–H and O–H groups in total. The summed E-state index contributed by atoms with van der Waals surface area (Å²) in [5.41, 5.74) is 2.10. The third-order valence-electron chi connectivity index (χ3n) is 5.51. The number of allylic oxidation sites excluding steroid dienone is 1. The lowest BCUT2D eigenvalue weighted by atomic mass is 9.93. The maximum absolute atomic E-state index is 14.6. The molecule has 0 fully saturated rings. The van der Waals surface area contributed by atoms with Crippen LogP contribution in [0, 0.1) is 12.8 Å². The van der Waals surface area contributed by atoms with Crippen molar-refractivity contribution in [1.29, 1.82) is 0 Å². The first-order valence-corrected chi connectivity index (χ1v) is 9.30. The van der Waals surface area contributed by atoms with E-state index >= 15 is 0 Å². The molecule has 0 aliphatic carbocycles. The SMILES string of the molecule is CCC(C)/C(F)=C\c1c(C)ccc2c1ccc1cc3ccccc3cc12. The monoisotopic (exact) mass is 342 g/mol. The van der Waals surface area contributed by atoms with Crippen molar-refractivity contribution < 1.29 is 4.39 Å². The number of halogens is 1. The maximum Gasteiger partial charge on any atom is 0.103 e. The molecule has 0 spiro atoms. The minimum atomic E-state index is -0.0472. The lowest BCUT2D eigenvalue weighted by Crippen LogP contribution is -1.94. The highest BCUT2D eigenvalue weighted by Crippen LogP contribution is 2.34. The largest absolute Gasteiger partial charge is 0.212 e. The number of hydrogen-bond donors (Lipinski definition) is 0. The number of rotatable bonds is 3. The van der Waals surface area contributed by atoms with Crippen LogP contribution < -0.4 is 0 Å². The van der Waals surface area contributed by atoms with Crippen LogP contribution in [0.25, 0.3) is 38.4 Å². The van der Waals surface area contributed by atoms with E-state index in [1.54, 1.807) is 6.08 Å². The average Bonchev–Trinajstić information content (AvgIpc) is 2.67. The second-order valence-electron chi connectivity index (χ2n) is 7.22. The summed E-state index contributed by atoms with van der Waals surface area (Å²) in [5.74, 6) is -0.0873. The van der Waals surface area contributed by atoms with E-state index in [0.717, 1.165) is 22.9 Å². The zero-order valence-corrected chi connectivity index (χ0v) is 15.5. The van der Waals surface area contributed by atoms with Gasteiger partial charge >= 0.3 is 0 Å². The van der Waals surface area contributed by atoms with Crippen LogP contribution >= 0.6 is 0 Å². The molecule has 0 nitrogen and oxygen atoms in total. The second kappa shape index (κ2) is 6.57. The predicted molar refractivity (Wildman–Crippen MR) is 112 cm³/mol. The Bertz CT molecular complexity index is 1150. The molecule has 4 aromatic carbocycles. The Balaban J connectivity index is 2.03. The van der Waals surface area contributed by atoms with Gasteiger partial charge in [-0.3, -0.25) is 0 Å². The fourth-order valence-corrected chi connectivity index (χ4v) is 3.63. The van der Waals surface area contributed by atoms with E-state index in [2.05, 4.69) is 67.6 Å². The van der Waals surface area contributed by atoms with Crippen LogP contribution in [0.1, 0.15) is 31.4 Å². The Morgan fingerprint density at radius 1 is 0.885 bits per heavy atom. The molecule has 4 rings (SSSR count). The summed E-state index contributed by atoms with van der Waals surface area (Å²) in [6.45, 7) is 6.01. The highest BCUT2D eigenvalue weighted by atomic mass is 19.1. The van der Waals surface area contributed by atoms with Crippen LogP contribution in [-0.4, -0.2) is 0 Å². The van der Waals surface area contributed by atoms with Crippen LogP contribution in [-0.2, 0) is 0 Å². The van der Waals surface area contributed by atoms with Crippen molar-refractivity contribution in [1.82, 2.24) is 0 Å². The van der Waals surface area contributed by atoms with Crippen LogP contribution in [0.5, 0.6) is 0 Å². The molecular formula is C25H23F. The average molecular weight is 342 g/mol. The molecule has 130 valence electrons. The Morgan fingerprint density at radius 3 is 2.31 bits per heavy atom. The summed E-state index contributed by atoms with van der Waals surface area (Å²) in [6.07, 6.45) is 2.54. The van der Waals surface area contributed by atoms with Crippen molar-refractivity contribution in [3.05, 3.63) is 77.6 Å². The van der Waals surface area contributed by atoms with Gasteiger partial charge in [-0.15, -0.1) is 0 Å². The van der Waals surface area contributed by atoms with Crippen molar-refractivity contribution in [2.24, 2.45) is 5.92 Å². The van der Waals surface area contributed by atoms with Gasteiger partial charge in [-0.2, -0.15) is 0 Å². The van der Waals surface area contributed by atoms with Gasteiger partial charge < -0.3 is 0 Å². The summed E-state index contributed by atoms with van der Waals surface area (Å²) in [7, 11) is 0. The molecule has 4 aromatic rings. The van der Waals surface area contributed by atoms with Crippen molar-refractivity contribution in [2.45, 2.75) is 27.2 Å². The lowest BCUT2D eigenvalue weighted by molar-refractivity contribution is 0.489. The highest BCUT2D eigenvalue weighted by Gasteiger charge is 2.11. The summed E-state index contributed by atoms with van der Waals surface area (Å²) in [4.78, 5) is 0. The van der Waals surface area contributed by atoms with E-state index in [0.29, 0.717) is 0 Å². The number of hydrogen-bond acceptors (Lipinski definition) is 0. The van der Waals surface area contributed by atoms with Gasteiger partial charge in [0.1, 0.15) is 5.83 Å². The van der Waals surface area contributed by atoms with E-state index < -0.39 is 0 Å². The number of fused-ring (bicyclic) bond motifs is 4. The third kappa shape index (κ3) is 2.78. The first-order chi connectivity index (χ1) is 12.6. The van der Waals surface area contributed by atoms with Crippen molar-refractivity contribution >= 4 is 38.4 Å². The Hall–Kier alpha value is -2.67. The zero-order valence-electron chi connectivity index (χ0n) is 15.5. The molecule has 1 atom stereocenters. The first kappa shape index (κ1) is 16.8. The van der Waals surface area contributed by atoms with E-state index in [-0.39, 0.29) is 11.7 Å². The van der Waals surface area contributed by atoms with Gasteiger partial charge in [-0.25, -0.2) is 4.39 Å². The minimum Gasteiger partial charge on any atom is -0.212 e. The molecule has 0 amide bonds. The molecule has 0 radical (unpaired) electrons. The van der Waals surface area contributed by atoms with Crippen LogP contribution in [0.2, 0.25) is 0 Å². The fourth-order valence-electron chi connectivity index (χ4n) is 3.63. The van der Waals surface area contributed by atoms with Gasteiger partial charge in [-0.1, -0.05) is 62.4 Å². The van der Waals surface area contributed by atoms with Crippen molar-refractivity contribution in [3.8, 4) is 0 Å². The molecule has 0 bridgehead atoms. The first-order valence-electron chi connectivity index (χ1n) is 9.30. The number of aryl methyl sites for hydroxylation is 1. The topological polar surface area (TPSA) is 0 Å². The summed E-state index contributed by atoms with van der Waals surface area (Å²) >= 11 is 0. The van der Waals surface area contributed by atoms with Crippen LogP contribution in [0.15, 0.2) is 66.5 Å². The van der Waals surface area contributed by atoms with Gasteiger partial charge in [0.2, 0.25) is 0 Å².